The fourth-order valence-corrected chi connectivity index (χ4v) is 4.78. The van der Waals surface area contributed by atoms with E-state index in [9.17, 15) is 22.4 Å². The van der Waals surface area contributed by atoms with E-state index in [1.165, 1.54) is 18.2 Å². The maximum absolute atomic E-state index is 14.3. The van der Waals surface area contributed by atoms with Crippen LogP contribution >= 0.6 is 0 Å². The molecule has 0 aliphatic rings. The number of amides is 2. The molecule has 1 N–H and O–H groups in total. The molecular formula is C26H36FN3O4S. The molecule has 35 heavy (non-hydrogen) atoms. The van der Waals surface area contributed by atoms with Crippen LogP contribution in [0.2, 0.25) is 0 Å². The summed E-state index contributed by atoms with van der Waals surface area (Å²) in [7, 11) is -3.75. The van der Waals surface area contributed by atoms with Gasteiger partial charge in [-0.25, -0.2) is 12.8 Å². The summed E-state index contributed by atoms with van der Waals surface area (Å²) in [5.74, 6) is -1.12. The number of hydrogen-bond acceptors (Lipinski definition) is 4. The minimum absolute atomic E-state index is 0.0177. The van der Waals surface area contributed by atoms with Crippen molar-refractivity contribution in [3.05, 3.63) is 65.5 Å². The highest BCUT2D eigenvalue weighted by Crippen LogP contribution is 2.22. The first kappa shape index (κ1) is 28.3. The second-order valence-electron chi connectivity index (χ2n) is 8.61. The number of nitrogens with zero attached hydrogens (tertiary/aromatic N) is 2. The minimum atomic E-state index is -3.75. The quantitative estimate of drug-likeness (QED) is 0.446. The molecule has 2 amide bonds. The second-order valence-corrected chi connectivity index (χ2v) is 10.5. The van der Waals surface area contributed by atoms with Gasteiger partial charge in [-0.2, -0.15) is 0 Å². The van der Waals surface area contributed by atoms with Gasteiger partial charge in [0, 0.05) is 26.1 Å². The van der Waals surface area contributed by atoms with E-state index < -0.39 is 21.9 Å². The number of nitrogens with one attached hydrogen (secondary N) is 1. The van der Waals surface area contributed by atoms with Crippen molar-refractivity contribution in [2.24, 2.45) is 0 Å². The molecule has 7 nitrogen and oxygen atoms in total. The molecule has 0 fully saturated rings. The Balaban J connectivity index is 2.20. The zero-order valence-corrected chi connectivity index (χ0v) is 21.8. The Labute approximate surface area is 208 Å². The van der Waals surface area contributed by atoms with Gasteiger partial charge in [0.1, 0.15) is 11.9 Å². The minimum Gasteiger partial charge on any atom is -0.354 e. The first-order chi connectivity index (χ1) is 16.6. The average Bonchev–Trinajstić information content (AvgIpc) is 2.81. The number of rotatable bonds is 13. The number of carbonyl (C=O) groups is 2. The Hall–Kier alpha value is -2.94. The zero-order chi connectivity index (χ0) is 26.0. The molecule has 0 unspecified atom stereocenters. The molecule has 0 aliphatic heterocycles. The highest BCUT2D eigenvalue weighted by atomic mass is 32.2. The third kappa shape index (κ3) is 8.35. The van der Waals surface area contributed by atoms with E-state index in [-0.39, 0.29) is 43.4 Å². The zero-order valence-electron chi connectivity index (χ0n) is 21.0. The number of anilines is 1. The monoisotopic (exact) mass is 505 g/mol. The highest BCUT2D eigenvalue weighted by Gasteiger charge is 2.29. The van der Waals surface area contributed by atoms with Gasteiger partial charge < -0.3 is 10.2 Å². The van der Waals surface area contributed by atoms with Crippen LogP contribution in [0.25, 0.3) is 0 Å². The maximum Gasteiger partial charge on any atom is 0.242 e. The molecule has 0 heterocycles. The molecule has 0 bridgehead atoms. The Morgan fingerprint density at radius 3 is 2.29 bits per heavy atom. The van der Waals surface area contributed by atoms with Gasteiger partial charge in [0.25, 0.3) is 0 Å². The molecule has 0 spiro atoms. The number of sulfonamides is 1. The average molecular weight is 506 g/mol. The number of aryl methyl sites for hydroxylation is 1. The van der Waals surface area contributed by atoms with E-state index in [0.29, 0.717) is 13.0 Å². The van der Waals surface area contributed by atoms with Gasteiger partial charge in [0.05, 0.1) is 11.9 Å². The van der Waals surface area contributed by atoms with Gasteiger partial charge in [-0.05, 0) is 43.9 Å². The van der Waals surface area contributed by atoms with Crippen molar-refractivity contribution in [3.63, 3.8) is 0 Å². The van der Waals surface area contributed by atoms with Crippen molar-refractivity contribution in [2.75, 3.05) is 23.7 Å². The lowest BCUT2D eigenvalue weighted by atomic mass is 10.1. The van der Waals surface area contributed by atoms with Crippen molar-refractivity contribution in [1.82, 2.24) is 10.2 Å². The molecule has 0 aliphatic carbocycles. The van der Waals surface area contributed by atoms with Crippen LogP contribution in [0.15, 0.2) is 48.5 Å². The van der Waals surface area contributed by atoms with Crippen LogP contribution in [-0.2, 0) is 26.2 Å². The number of para-hydroxylation sites is 1. The summed E-state index contributed by atoms with van der Waals surface area (Å²) in [5.41, 5.74) is 1.94. The predicted octanol–water partition coefficient (Wildman–Crippen LogP) is 4.01. The summed E-state index contributed by atoms with van der Waals surface area (Å²) in [6.45, 7) is 6.52. The summed E-state index contributed by atoms with van der Waals surface area (Å²) in [6.07, 6.45) is 2.43. The summed E-state index contributed by atoms with van der Waals surface area (Å²) in [5, 5.41) is 2.87. The smallest absolute Gasteiger partial charge is 0.242 e. The molecule has 0 radical (unpaired) electrons. The summed E-state index contributed by atoms with van der Waals surface area (Å²) in [4.78, 5) is 27.7. The lowest BCUT2D eigenvalue weighted by Crippen LogP contribution is -2.49. The van der Waals surface area contributed by atoms with E-state index in [4.69, 9.17) is 0 Å². The third-order valence-corrected chi connectivity index (χ3v) is 6.86. The predicted molar refractivity (Wildman–Crippen MR) is 137 cm³/mol. The highest BCUT2D eigenvalue weighted by molar-refractivity contribution is 7.92. The van der Waals surface area contributed by atoms with Crippen molar-refractivity contribution >= 4 is 27.5 Å². The van der Waals surface area contributed by atoms with E-state index in [1.54, 1.807) is 11.0 Å². The van der Waals surface area contributed by atoms with Crippen LogP contribution < -0.4 is 9.62 Å². The SMILES string of the molecule is CCCNC(=O)[C@@H](CC)N(Cc1ccc(C)cc1)C(=O)CCCN(c1ccccc1F)S(C)(=O)=O. The Bertz CT molecular complexity index is 1090. The van der Waals surface area contributed by atoms with Gasteiger partial charge >= 0.3 is 0 Å². The van der Waals surface area contributed by atoms with Crippen molar-refractivity contribution in [2.45, 2.75) is 59.0 Å². The first-order valence-electron chi connectivity index (χ1n) is 11.9. The lowest BCUT2D eigenvalue weighted by molar-refractivity contribution is -0.141. The van der Waals surface area contributed by atoms with Crippen molar-refractivity contribution < 1.29 is 22.4 Å². The van der Waals surface area contributed by atoms with Crippen LogP contribution in [0.3, 0.4) is 0 Å². The standard InChI is InChI=1S/C26H36FN3O4S/c1-5-17-28-26(32)23(6-2)29(19-21-15-13-20(3)14-16-21)25(31)12-9-18-30(35(4,33)34)24-11-8-7-10-22(24)27/h7-8,10-11,13-16,23H,5-6,9,12,17-19H2,1-4H3,(H,28,32)/t23-/m1/s1. The van der Waals surface area contributed by atoms with Gasteiger partial charge in [0.2, 0.25) is 21.8 Å². The van der Waals surface area contributed by atoms with Crippen molar-refractivity contribution in [3.8, 4) is 0 Å². The number of benzene rings is 2. The Morgan fingerprint density at radius 2 is 1.71 bits per heavy atom. The molecule has 0 saturated carbocycles. The Morgan fingerprint density at radius 1 is 1.06 bits per heavy atom. The second kappa shape index (κ2) is 13.2. The van der Waals surface area contributed by atoms with E-state index in [0.717, 1.165) is 28.1 Å². The van der Waals surface area contributed by atoms with Gasteiger partial charge in [0.15, 0.2) is 0 Å². The number of hydrogen-bond donors (Lipinski definition) is 1. The molecule has 2 aromatic rings. The normalized spacial score (nSPS) is 12.1. The number of carbonyl (C=O) groups excluding carboxylic acids is 2. The topological polar surface area (TPSA) is 86.8 Å². The molecular weight excluding hydrogens is 469 g/mol. The molecule has 2 aromatic carbocycles. The number of halogens is 1. The molecule has 9 heteroatoms. The largest absolute Gasteiger partial charge is 0.354 e. The molecule has 1 atom stereocenters. The van der Waals surface area contributed by atoms with Gasteiger partial charge in [-0.15, -0.1) is 0 Å². The first-order valence-corrected chi connectivity index (χ1v) is 13.8. The van der Waals surface area contributed by atoms with Crippen LogP contribution in [0.5, 0.6) is 0 Å². The van der Waals surface area contributed by atoms with E-state index in [2.05, 4.69) is 5.32 Å². The maximum atomic E-state index is 14.3. The summed E-state index contributed by atoms with van der Waals surface area (Å²) in [6, 6.07) is 12.8. The van der Waals surface area contributed by atoms with Crippen LogP contribution in [0, 0.1) is 12.7 Å². The molecule has 0 saturated heterocycles. The van der Waals surface area contributed by atoms with E-state index in [1.807, 2.05) is 45.0 Å². The van der Waals surface area contributed by atoms with Crippen LogP contribution in [0.1, 0.15) is 50.7 Å². The van der Waals surface area contributed by atoms with Gasteiger partial charge in [-0.3, -0.25) is 13.9 Å². The molecule has 0 aromatic heterocycles. The molecule has 192 valence electrons. The van der Waals surface area contributed by atoms with Crippen LogP contribution in [0.4, 0.5) is 10.1 Å². The summed E-state index contributed by atoms with van der Waals surface area (Å²) >= 11 is 0. The Kier molecular flexibility index (Phi) is 10.7. The van der Waals surface area contributed by atoms with Crippen molar-refractivity contribution in [1.29, 1.82) is 0 Å². The lowest BCUT2D eigenvalue weighted by Gasteiger charge is -2.31. The van der Waals surface area contributed by atoms with E-state index >= 15 is 0 Å². The fraction of sp³-hybridized carbons (Fsp3) is 0.462. The fourth-order valence-electron chi connectivity index (χ4n) is 3.81. The summed E-state index contributed by atoms with van der Waals surface area (Å²) < 4.78 is 39.9. The molecule has 2 rings (SSSR count). The third-order valence-electron chi connectivity index (χ3n) is 5.68. The van der Waals surface area contributed by atoms with Crippen LogP contribution in [-0.4, -0.2) is 50.5 Å². The van der Waals surface area contributed by atoms with Gasteiger partial charge in [-0.1, -0.05) is 55.8 Å².